The van der Waals surface area contributed by atoms with Gasteiger partial charge in [-0.3, -0.25) is 9.59 Å². The van der Waals surface area contributed by atoms with Crippen LogP contribution in [0.4, 0.5) is 0 Å². The number of benzene rings is 3. The van der Waals surface area contributed by atoms with Crippen LogP contribution in [0.1, 0.15) is 30.9 Å². The molecule has 0 aromatic heterocycles. The summed E-state index contributed by atoms with van der Waals surface area (Å²) in [6.07, 6.45) is 0.401. The minimum Gasteiger partial charge on any atom is -0.496 e. The summed E-state index contributed by atoms with van der Waals surface area (Å²) in [5.74, 6) is -0.980. The number of rotatable bonds is 9. The van der Waals surface area contributed by atoms with E-state index in [9.17, 15) is 23.1 Å². The molecule has 200 valence electrons. The Morgan fingerprint density at radius 2 is 1.74 bits per heavy atom. The lowest BCUT2D eigenvalue weighted by molar-refractivity contribution is -0.137. The Hall–Kier alpha value is -3.11. The van der Waals surface area contributed by atoms with Crippen LogP contribution in [-0.2, 0) is 19.6 Å². The molecule has 0 unspecified atom stereocenters. The van der Waals surface area contributed by atoms with E-state index in [0.717, 1.165) is 15.4 Å². The molecule has 1 fully saturated rings. The van der Waals surface area contributed by atoms with E-state index in [-0.39, 0.29) is 27.9 Å². The van der Waals surface area contributed by atoms with Crippen LogP contribution in [0.5, 0.6) is 5.75 Å². The number of hydrogen-bond donors (Lipinski definition) is 2. The fourth-order valence-electron chi connectivity index (χ4n) is 4.58. The van der Waals surface area contributed by atoms with Gasteiger partial charge in [-0.1, -0.05) is 65.7 Å². The van der Waals surface area contributed by atoms with Gasteiger partial charge in [-0.2, -0.15) is 4.31 Å². The van der Waals surface area contributed by atoms with Gasteiger partial charge in [0.15, 0.2) is 0 Å². The van der Waals surface area contributed by atoms with Crippen molar-refractivity contribution in [3.63, 3.8) is 0 Å². The van der Waals surface area contributed by atoms with Crippen molar-refractivity contribution in [2.24, 2.45) is 0 Å². The molecule has 38 heavy (non-hydrogen) atoms. The lowest BCUT2D eigenvalue weighted by Gasteiger charge is -2.26. The van der Waals surface area contributed by atoms with E-state index < -0.39 is 34.0 Å². The van der Waals surface area contributed by atoms with E-state index in [1.54, 1.807) is 19.2 Å². The number of carbonyl (C=O) groups excluding carboxylic acids is 1. The first-order chi connectivity index (χ1) is 18.1. The van der Waals surface area contributed by atoms with Crippen molar-refractivity contribution in [2.75, 3.05) is 13.7 Å². The first-order valence-corrected chi connectivity index (χ1v) is 14.0. The van der Waals surface area contributed by atoms with Crippen LogP contribution in [-0.4, -0.2) is 49.4 Å². The molecular formula is C27H26Cl2N2O6S. The number of methoxy groups -OCH3 is 1. The van der Waals surface area contributed by atoms with Crippen molar-refractivity contribution in [1.29, 1.82) is 0 Å². The zero-order chi connectivity index (χ0) is 27.4. The maximum Gasteiger partial charge on any atom is 0.305 e. The van der Waals surface area contributed by atoms with E-state index in [2.05, 4.69) is 5.32 Å². The van der Waals surface area contributed by atoms with Crippen molar-refractivity contribution in [2.45, 2.75) is 36.2 Å². The maximum atomic E-state index is 13.3. The second-order valence-corrected chi connectivity index (χ2v) is 11.6. The Bertz CT molecular complexity index is 1430. The highest BCUT2D eigenvalue weighted by Gasteiger charge is 2.40. The first-order valence-electron chi connectivity index (χ1n) is 11.8. The molecule has 8 nitrogen and oxygen atoms in total. The van der Waals surface area contributed by atoms with Crippen LogP contribution in [0.2, 0.25) is 10.0 Å². The molecule has 0 aliphatic carbocycles. The fraction of sp³-hybridized carbons (Fsp3) is 0.259. The SMILES string of the molecule is COc1ccccc1-c1ccc([C@@H](CC(=O)O)NC(=O)[C@@H]2CCCN2S(=O)(=O)c2cc(Cl)cc(Cl)c2)cc1. The van der Waals surface area contributed by atoms with E-state index in [4.69, 9.17) is 27.9 Å². The average Bonchev–Trinajstić information content (AvgIpc) is 3.39. The molecule has 2 N–H and O–H groups in total. The number of aliphatic carboxylic acids is 1. The summed E-state index contributed by atoms with van der Waals surface area (Å²) in [7, 11) is -2.49. The van der Waals surface area contributed by atoms with Gasteiger partial charge in [0.05, 0.1) is 24.5 Å². The zero-order valence-electron chi connectivity index (χ0n) is 20.4. The topological polar surface area (TPSA) is 113 Å². The number of nitrogens with zero attached hydrogens (tertiary/aromatic N) is 1. The van der Waals surface area contributed by atoms with Gasteiger partial charge in [0.25, 0.3) is 0 Å². The highest BCUT2D eigenvalue weighted by molar-refractivity contribution is 7.89. The Labute approximate surface area is 231 Å². The molecule has 3 aromatic carbocycles. The molecule has 0 bridgehead atoms. The largest absolute Gasteiger partial charge is 0.496 e. The third kappa shape index (κ3) is 6.13. The molecule has 11 heteroatoms. The lowest BCUT2D eigenvalue weighted by Crippen LogP contribution is -2.47. The summed E-state index contributed by atoms with van der Waals surface area (Å²) in [4.78, 5) is 24.8. The number of ether oxygens (including phenoxy) is 1. The minimum atomic E-state index is -4.07. The number of carboxylic acids is 1. The average molecular weight is 577 g/mol. The quantitative estimate of drug-likeness (QED) is 0.364. The molecule has 1 aliphatic heterocycles. The summed E-state index contributed by atoms with van der Waals surface area (Å²) >= 11 is 12.0. The highest BCUT2D eigenvalue weighted by atomic mass is 35.5. The van der Waals surface area contributed by atoms with Gasteiger partial charge < -0.3 is 15.2 Å². The molecule has 1 aliphatic rings. The van der Waals surface area contributed by atoms with Gasteiger partial charge in [0.1, 0.15) is 11.8 Å². The highest BCUT2D eigenvalue weighted by Crippen LogP contribution is 2.32. The van der Waals surface area contributed by atoms with Gasteiger partial charge in [-0.05, 0) is 48.2 Å². The number of sulfonamides is 1. The van der Waals surface area contributed by atoms with Crippen LogP contribution in [0.3, 0.4) is 0 Å². The predicted molar refractivity (Wildman–Crippen MR) is 145 cm³/mol. The second-order valence-electron chi connectivity index (χ2n) is 8.86. The van der Waals surface area contributed by atoms with Crippen LogP contribution in [0.15, 0.2) is 71.6 Å². The van der Waals surface area contributed by atoms with Gasteiger partial charge in [0, 0.05) is 22.2 Å². The molecule has 0 spiro atoms. The predicted octanol–water partition coefficient (Wildman–Crippen LogP) is 5.15. The van der Waals surface area contributed by atoms with Crippen LogP contribution < -0.4 is 10.1 Å². The summed E-state index contributed by atoms with van der Waals surface area (Å²) in [6.45, 7) is 0.141. The van der Waals surface area contributed by atoms with Gasteiger partial charge in [-0.25, -0.2) is 8.42 Å². The summed E-state index contributed by atoms with van der Waals surface area (Å²) in [6, 6.07) is 16.8. The molecule has 3 aromatic rings. The van der Waals surface area contributed by atoms with Gasteiger partial charge >= 0.3 is 5.97 Å². The first kappa shape index (κ1) is 27.9. The van der Waals surface area contributed by atoms with Crippen molar-refractivity contribution in [1.82, 2.24) is 9.62 Å². The second kappa shape index (κ2) is 11.7. The number of amides is 1. The summed E-state index contributed by atoms with van der Waals surface area (Å²) in [5, 5.41) is 12.6. The third-order valence-corrected chi connectivity index (χ3v) is 8.70. The van der Waals surface area contributed by atoms with E-state index in [0.29, 0.717) is 24.2 Å². The van der Waals surface area contributed by atoms with Crippen LogP contribution >= 0.6 is 23.2 Å². The smallest absolute Gasteiger partial charge is 0.305 e. The Balaban J connectivity index is 1.57. The molecule has 0 saturated carbocycles. The monoisotopic (exact) mass is 576 g/mol. The molecule has 1 heterocycles. The Kier molecular flexibility index (Phi) is 8.62. The number of hydrogen-bond acceptors (Lipinski definition) is 5. The normalized spacial score (nSPS) is 16.7. The Morgan fingerprint density at radius 1 is 1.08 bits per heavy atom. The van der Waals surface area contributed by atoms with Crippen molar-refractivity contribution < 1.29 is 27.9 Å². The summed E-state index contributed by atoms with van der Waals surface area (Å²) in [5.41, 5.74) is 2.31. The number of carbonyl (C=O) groups is 2. The zero-order valence-corrected chi connectivity index (χ0v) is 22.8. The van der Waals surface area contributed by atoms with Gasteiger partial charge in [0.2, 0.25) is 15.9 Å². The Morgan fingerprint density at radius 3 is 2.37 bits per heavy atom. The molecule has 1 saturated heterocycles. The molecular weight excluding hydrogens is 551 g/mol. The van der Waals surface area contributed by atoms with E-state index in [1.807, 2.05) is 36.4 Å². The fourth-order valence-corrected chi connectivity index (χ4v) is 6.96. The number of nitrogens with one attached hydrogen (secondary N) is 1. The molecule has 2 atom stereocenters. The number of para-hydroxylation sites is 1. The van der Waals surface area contributed by atoms with Gasteiger partial charge in [-0.15, -0.1) is 0 Å². The number of carboxylic acid groups (broad SMARTS) is 1. The molecule has 1 amide bonds. The van der Waals surface area contributed by atoms with Crippen molar-refractivity contribution in [3.05, 3.63) is 82.3 Å². The molecule has 4 rings (SSSR count). The van der Waals surface area contributed by atoms with Crippen molar-refractivity contribution >= 4 is 45.1 Å². The van der Waals surface area contributed by atoms with Crippen LogP contribution in [0.25, 0.3) is 11.1 Å². The minimum absolute atomic E-state index is 0.108. The third-order valence-electron chi connectivity index (χ3n) is 6.38. The standard InChI is InChI=1S/C27H26Cl2N2O6S/c1-37-25-7-3-2-5-22(25)17-8-10-18(11-9-17)23(16-26(32)33)30-27(34)24-6-4-12-31(24)38(35,36)21-14-19(28)13-20(29)15-21/h2-3,5,7-11,13-15,23-24H,4,6,12,16H2,1H3,(H,30,34)(H,32,33)/t23-,24+/m1/s1. The van der Waals surface area contributed by atoms with E-state index >= 15 is 0 Å². The van der Waals surface area contributed by atoms with Crippen LogP contribution in [0, 0.1) is 0 Å². The maximum absolute atomic E-state index is 13.3. The lowest BCUT2D eigenvalue weighted by atomic mass is 9.98. The summed E-state index contributed by atoms with van der Waals surface area (Å²) < 4.78 is 33.2. The van der Waals surface area contributed by atoms with Crippen molar-refractivity contribution in [3.8, 4) is 16.9 Å². The van der Waals surface area contributed by atoms with E-state index in [1.165, 1.54) is 18.2 Å². The molecule has 0 radical (unpaired) electrons. The number of halogens is 2.